The Labute approximate surface area is 166 Å². The zero-order valence-electron chi connectivity index (χ0n) is 15.1. The van der Waals surface area contributed by atoms with Gasteiger partial charge in [-0.1, -0.05) is 30.0 Å². The van der Waals surface area contributed by atoms with Crippen LogP contribution in [-0.2, 0) is 11.2 Å². The summed E-state index contributed by atoms with van der Waals surface area (Å²) in [7, 11) is 0. The molecule has 0 atom stereocenters. The van der Waals surface area contributed by atoms with Gasteiger partial charge in [-0.15, -0.1) is 5.10 Å². The van der Waals surface area contributed by atoms with Gasteiger partial charge in [0.1, 0.15) is 5.82 Å². The quantitative estimate of drug-likeness (QED) is 0.514. The molecule has 0 unspecified atom stereocenters. The predicted octanol–water partition coefficient (Wildman–Crippen LogP) is 3.61. The molecule has 1 amide bonds. The van der Waals surface area contributed by atoms with Crippen LogP contribution in [0.2, 0.25) is 0 Å². The van der Waals surface area contributed by atoms with E-state index < -0.39 is 0 Å². The van der Waals surface area contributed by atoms with Crippen LogP contribution in [0.3, 0.4) is 0 Å². The number of amides is 1. The molecular weight excluding hydrogens is 372 g/mol. The summed E-state index contributed by atoms with van der Waals surface area (Å²) in [4.78, 5) is 28.8. The Balaban J connectivity index is 1.32. The highest BCUT2D eigenvalue weighted by molar-refractivity contribution is 7.99. The van der Waals surface area contributed by atoms with Gasteiger partial charge in [0, 0.05) is 17.2 Å². The van der Waals surface area contributed by atoms with E-state index >= 15 is 0 Å². The Morgan fingerprint density at radius 2 is 2.00 bits per heavy atom. The predicted molar refractivity (Wildman–Crippen MR) is 107 cm³/mol. The van der Waals surface area contributed by atoms with Crippen LogP contribution in [0.25, 0.3) is 5.69 Å². The van der Waals surface area contributed by atoms with Gasteiger partial charge < -0.3 is 5.32 Å². The van der Waals surface area contributed by atoms with Crippen LogP contribution in [0.5, 0.6) is 0 Å². The molecular formula is C21H18N4O2S. The summed E-state index contributed by atoms with van der Waals surface area (Å²) >= 11 is 1.36. The molecule has 1 saturated carbocycles. The molecule has 2 aromatic carbocycles. The van der Waals surface area contributed by atoms with E-state index in [1.165, 1.54) is 11.8 Å². The van der Waals surface area contributed by atoms with Crippen molar-refractivity contribution in [3.05, 3.63) is 65.5 Å². The molecule has 1 N–H and O–H groups in total. The zero-order valence-corrected chi connectivity index (χ0v) is 15.9. The largest absolute Gasteiger partial charge is 0.326 e. The van der Waals surface area contributed by atoms with Crippen molar-refractivity contribution in [3.8, 4) is 5.69 Å². The Morgan fingerprint density at radius 1 is 1.18 bits per heavy atom. The number of rotatable bonds is 6. The number of nitrogens with one attached hydrogen (secondary N) is 1. The fraction of sp³-hybridized carbons (Fsp3) is 0.238. The SMILES string of the molecule is O=C1Cc2cc(C(=O)CSc3nc(C4CC4)n(-c4ccccc4)n3)ccc2N1. The van der Waals surface area contributed by atoms with Crippen LogP contribution < -0.4 is 5.32 Å². The summed E-state index contributed by atoms with van der Waals surface area (Å²) in [5.74, 6) is 1.68. The number of hydrogen-bond acceptors (Lipinski definition) is 5. The van der Waals surface area contributed by atoms with E-state index in [4.69, 9.17) is 0 Å². The number of thioether (sulfide) groups is 1. The zero-order chi connectivity index (χ0) is 19.1. The van der Waals surface area contributed by atoms with Crippen molar-refractivity contribution in [3.63, 3.8) is 0 Å². The highest BCUT2D eigenvalue weighted by atomic mass is 32.2. The number of hydrogen-bond donors (Lipinski definition) is 1. The number of aromatic nitrogens is 3. The number of carbonyl (C=O) groups is 2. The van der Waals surface area contributed by atoms with Gasteiger partial charge >= 0.3 is 0 Å². The molecule has 2 heterocycles. The van der Waals surface area contributed by atoms with Crippen molar-refractivity contribution in [1.82, 2.24) is 14.8 Å². The first-order chi connectivity index (χ1) is 13.7. The fourth-order valence-electron chi connectivity index (χ4n) is 3.35. The lowest BCUT2D eigenvalue weighted by atomic mass is 10.1. The minimum Gasteiger partial charge on any atom is -0.326 e. The van der Waals surface area contributed by atoms with E-state index in [-0.39, 0.29) is 17.4 Å². The monoisotopic (exact) mass is 390 g/mol. The van der Waals surface area contributed by atoms with E-state index in [0.717, 1.165) is 35.6 Å². The van der Waals surface area contributed by atoms with Gasteiger partial charge in [-0.25, -0.2) is 9.67 Å². The molecule has 0 radical (unpaired) electrons. The first-order valence-electron chi connectivity index (χ1n) is 9.28. The molecule has 140 valence electrons. The summed E-state index contributed by atoms with van der Waals surface area (Å²) in [5.41, 5.74) is 3.29. The average Bonchev–Trinajstić information content (AvgIpc) is 3.36. The van der Waals surface area contributed by atoms with Gasteiger partial charge in [0.2, 0.25) is 11.1 Å². The number of fused-ring (bicyclic) bond motifs is 1. The van der Waals surface area contributed by atoms with Crippen LogP contribution in [0.15, 0.2) is 53.7 Å². The van der Waals surface area contributed by atoms with Crippen molar-refractivity contribution in [2.24, 2.45) is 0 Å². The van der Waals surface area contributed by atoms with Gasteiger partial charge in [-0.05, 0) is 48.7 Å². The van der Waals surface area contributed by atoms with Gasteiger partial charge in [0.25, 0.3) is 0 Å². The first kappa shape index (κ1) is 17.2. The maximum absolute atomic E-state index is 12.6. The van der Waals surface area contributed by atoms with Gasteiger partial charge in [0.05, 0.1) is 17.9 Å². The lowest BCUT2D eigenvalue weighted by Gasteiger charge is -2.03. The number of para-hydroxylation sites is 1. The van der Waals surface area contributed by atoms with E-state index in [0.29, 0.717) is 23.1 Å². The number of benzene rings is 2. The normalized spacial score (nSPS) is 15.4. The van der Waals surface area contributed by atoms with Crippen molar-refractivity contribution < 1.29 is 9.59 Å². The van der Waals surface area contributed by atoms with Crippen molar-refractivity contribution >= 4 is 29.1 Å². The van der Waals surface area contributed by atoms with Gasteiger partial charge in [-0.2, -0.15) is 0 Å². The Morgan fingerprint density at radius 3 is 2.79 bits per heavy atom. The van der Waals surface area contributed by atoms with E-state index in [1.54, 1.807) is 12.1 Å². The molecule has 28 heavy (non-hydrogen) atoms. The summed E-state index contributed by atoms with van der Waals surface area (Å²) in [6.07, 6.45) is 2.60. The third-order valence-electron chi connectivity index (χ3n) is 4.94. The maximum atomic E-state index is 12.6. The second kappa shape index (κ2) is 6.91. The highest BCUT2D eigenvalue weighted by Gasteiger charge is 2.30. The maximum Gasteiger partial charge on any atom is 0.228 e. The molecule has 0 saturated heterocycles. The lowest BCUT2D eigenvalue weighted by Crippen LogP contribution is -2.03. The minimum atomic E-state index is -0.0303. The molecule has 0 spiro atoms. The van der Waals surface area contributed by atoms with Crippen LogP contribution in [0, 0.1) is 0 Å². The van der Waals surface area contributed by atoms with Crippen molar-refractivity contribution in [1.29, 1.82) is 0 Å². The average molecular weight is 390 g/mol. The lowest BCUT2D eigenvalue weighted by molar-refractivity contribution is -0.115. The summed E-state index contributed by atoms with van der Waals surface area (Å²) in [6, 6.07) is 15.3. The van der Waals surface area contributed by atoms with E-state index in [9.17, 15) is 9.59 Å². The Hall–Kier alpha value is -2.93. The minimum absolute atomic E-state index is 0.0104. The smallest absolute Gasteiger partial charge is 0.228 e. The van der Waals surface area contributed by atoms with Crippen molar-refractivity contribution in [2.75, 3.05) is 11.1 Å². The topological polar surface area (TPSA) is 76.9 Å². The number of carbonyl (C=O) groups excluding carboxylic acids is 2. The fourth-order valence-corrected chi connectivity index (χ4v) is 4.07. The summed E-state index contributed by atoms with van der Waals surface area (Å²) in [6.45, 7) is 0. The molecule has 3 aromatic rings. The van der Waals surface area contributed by atoms with Gasteiger partial charge in [0.15, 0.2) is 5.78 Å². The number of ketones is 1. The van der Waals surface area contributed by atoms with Gasteiger partial charge in [-0.3, -0.25) is 9.59 Å². The van der Waals surface area contributed by atoms with Crippen LogP contribution in [-0.4, -0.2) is 32.2 Å². The van der Waals surface area contributed by atoms with Crippen LogP contribution in [0.4, 0.5) is 5.69 Å². The first-order valence-corrected chi connectivity index (χ1v) is 10.3. The van der Waals surface area contributed by atoms with Crippen molar-refractivity contribution in [2.45, 2.75) is 30.3 Å². The van der Waals surface area contributed by atoms with Crippen LogP contribution in [0.1, 0.15) is 40.5 Å². The molecule has 1 aliphatic heterocycles. The number of Topliss-reactive ketones (excluding diaryl/α,β-unsaturated/α-hetero) is 1. The number of nitrogens with zero attached hydrogens (tertiary/aromatic N) is 3. The summed E-state index contributed by atoms with van der Waals surface area (Å²) in [5, 5.41) is 8.04. The third-order valence-corrected chi connectivity index (χ3v) is 5.78. The summed E-state index contributed by atoms with van der Waals surface area (Å²) < 4.78 is 1.90. The third kappa shape index (κ3) is 3.33. The Kier molecular flexibility index (Phi) is 4.24. The van der Waals surface area contributed by atoms with E-state index in [1.807, 2.05) is 41.1 Å². The molecule has 2 aliphatic rings. The molecule has 7 heteroatoms. The molecule has 5 rings (SSSR count). The van der Waals surface area contributed by atoms with E-state index in [2.05, 4.69) is 15.4 Å². The second-order valence-electron chi connectivity index (χ2n) is 7.08. The number of anilines is 1. The molecule has 6 nitrogen and oxygen atoms in total. The molecule has 1 aliphatic carbocycles. The Bertz CT molecular complexity index is 1070. The molecule has 0 bridgehead atoms. The molecule has 1 aromatic heterocycles. The second-order valence-corrected chi connectivity index (χ2v) is 8.03. The standard InChI is InChI=1S/C21H18N4O2S/c26-18(14-8-9-17-15(10-14)11-19(27)22-17)12-28-21-23-20(13-6-7-13)25(24-21)16-4-2-1-3-5-16/h1-5,8-10,13H,6-7,11-12H2,(H,22,27). The van der Waals surface area contributed by atoms with Crippen LogP contribution >= 0.6 is 11.8 Å². The highest BCUT2D eigenvalue weighted by Crippen LogP contribution is 2.40. The molecule has 1 fully saturated rings.